The quantitative estimate of drug-likeness (QED) is 0.664. The van der Waals surface area contributed by atoms with Gasteiger partial charge >= 0.3 is 0 Å². The first-order chi connectivity index (χ1) is 6.59. The molecule has 14 heavy (non-hydrogen) atoms. The molecule has 0 aliphatic heterocycles. The molecule has 2 unspecified atom stereocenters. The number of alkyl halides is 1. The van der Waals surface area contributed by atoms with E-state index in [1.165, 1.54) is 11.3 Å². The third-order valence-corrected chi connectivity index (χ3v) is 4.81. The molecule has 0 nitrogen and oxygen atoms in total. The highest BCUT2D eigenvalue weighted by Crippen LogP contribution is 2.44. The largest absolute Gasteiger partial charge is 0.147 e. The predicted molar refractivity (Wildman–Crippen MR) is 64.6 cm³/mol. The smallest absolute Gasteiger partial charge is 0.0545 e. The molecule has 3 heteroatoms. The Morgan fingerprint density at radius 1 is 1.64 bits per heavy atom. The number of halogens is 2. The summed E-state index contributed by atoms with van der Waals surface area (Å²) in [4.78, 5) is 1.32. The van der Waals surface area contributed by atoms with Gasteiger partial charge in [-0.05, 0) is 42.5 Å². The molecular weight excluding hydrogens is 235 g/mol. The maximum Gasteiger partial charge on any atom is 0.0545 e. The number of rotatable bonds is 2. The van der Waals surface area contributed by atoms with Crippen LogP contribution in [0.1, 0.15) is 31.1 Å². The van der Waals surface area contributed by atoms with Crippen LogP contribution < -0.4 is 0 Å². The molecule has 1 aliphatic rings. The van der Waals surface area contributed by atoms with Crippen LogP contribution in [0.25, 0.3) is 0 Å². The maximum atomic E-state index is 6.15. The van der Waals surface area contributed by atoms with E-state index in [-0.39, 0.29) is 0 Å². The number of thiophene rings is 1. The maximum absolute atomic E-state index is 6.15. The van der Waals surface area contributed by atoms with Gasteiger partial charge in [0.2, 0.25) is 0 Å². The minimum absolute atomic E-state index is 0.374. The summed E-state index contributed by atoms with van der Waals surface area (Å²) < 4.78 is 0. The molecule has 0 N–H and O–H groups in total. The Hall–Kier alpha value is 0.280. The lowest BCUT2D eigenvalue weighted by molar-refractivity contribution is 0.338. The zero-order valence-corrected chi connectivity index (χ0v) is 10.6. The van der Waals surface area contributed by atoms with Crippen LogP contribution in [0.15, 0.2) is 11.4 Å². The highest BCUT2D eigenvalue weighted by atomic mass is 35.5. The number of hydrogen-bond acceptors (Lipinski definition) is 1. The molecule has 0 saturated heterocycles. The zero-order chi connectivity index (χ0) is 10.2. The van der Waals surface area contributed by atoms with E-state index >= 15 is 0 Å². The van der Waals surface area contributed by atoms with Crippen LogP contribution in [-0.4, -0.2) is 5.38 Å². The van der Waals surface area contributed by atoms with E-state index < -0.39 is 0 Å². The molecule has 1 aromatic heterocycles. The molecule has 0 radical (unpaired) electrons. The highest BCUT2D eigenvalue weighted by molar-refractivity contribution is 7.10. The molecule has 1 saturated carbocycles. The molecular formula is C11H14Cl2S. The van der Waals surface area contributed by atoms with E-state index in [4.69, 9.17) is 23.2 Å². The van der Waals surface area contributed by atoms with Crippen molar-refractivity contribution in [3.8, 4) is 0 Å². The van der Waals surface area contributed by atoms with Crippen LogP contribution in [-0.2, 0) is 6.42 Å². The lowest BCUT2D eigenvalue weighted by atomic mass is 9.84. The molecule has 1 aliphatic carbocycles. The van der Waals surface area contributed by atoms with Crippen molar-refractivity contribution in [1.82, 2.24) is 0 Å². The summed E-state index contributed by atoms with van der Waals surface area (Å²) in [6.45, 7) is 2.32. The molecule has 1 fully saturated rings. The summed E-state index contributed by atoms with van der Waals surface area (Å²) >= 11 is 14.0. The predicted octanol–water partition coefficient (Wildman–Crippen LogP) is 4.74. The van der Waals surface area contributed by atoms with Gasteiger partial charge in [0.05, 0.1) is 5.02 Å². The average molecular weight is 249 g/mol. The van der Waals surface area contributed by atoms with Crippen LogP contribution >= 0.6 is 34.5 Å². The Morgan fingerprint density at radius 2 is 2.43 bits per heavy atom. The van der Waals surface area contributed by atoms with Crippen LogP contribution in [0.4, 0.5) is 0 Å². The lowest BCUT2D eigenvalue weighted by Crippen LogP contribution is -2.15. The molecule has 2 atom stereocenters. The van der Waals surface area contributed by atoms with Crippen molar-refractivity contribution in [1.29, 1.82) is 0 Å². The van der Waals surface area contributed by atoms with Crippen LogP contribution in [0.3, 0.4) is 0 Å². The van der Waals surface area contributed by atoms with Crippen molar-refractivity contribution in [3.63, 3.8) is 0 Å². The third-order valence-electron chi connectivity index (χ3n) is 3.05. The van der Waals surface area contributed by atoms with Gasteiger partial charge in [0, 0.05) is 10.3 Å². The van der Waals surface area contributed by atoms with Crippen molar-refractivity contribution in [2.45, 2.75) is 38.0 Å². The highest BCUT2D eigenvalue weighted by Gasteiger charge is 2.34. The molecule has 0 bridgehead atoms. The summed E-state index contributed by atoms with van der Waals surface area (Å²) in [6.07, 6.45) is 4.60. The van der Waals surface area contributed by atoms with Crippen molar-refractivity contribution in [2.24, 2.45) is 5.41 Å². The fourth-order valence-electron chi connectivity index (χ4n) is 2.24. The van der Waals surface area contributed by atoms with Crippen LogP contribution in [0, 0.1) is 5.41 Å². The Balaban J connectivity index is 2.07. The molecule has 1 aromatic rings. The third kappa shape index (κ3) is 2.26. The first-order valence-electron chi connectivity index (χ1n) is 4.95. The Kier molecular flexibility index (Phi) is 3.11. The van der Waals surface area contributed by atoms with Crippen molar-refractivity contribution < 1.29 is 0 Å². The van der Waals surface area contributed by atoms with Crippen LogP contribution in [0.2, 0.25) is 5.02 Å². The van der Waals surface area contributed by atoms with Gasteiger partial charge in [0.1, 0.15) is 0 Å². The lowest BCUT2D eigenvalue weighted by Gasteiger charge is -2.22. The topological polar surface area (TPSA) is 0 Å². The summed E-state index contributed by atoms with van der Waals surface area (Å²) in [7, 11) is 0. The summed E-state index contributed by atoms with van der Waals surface area (Å²) in [5, 5.41) is 3.36. The summed E-state index contributed by atoms with van der Waals surface area (Å²) in [5.41, 5.74) is 0.376. The Labute approximate surface area is 99.2 Å². The second-order valence-corrected chi connectivity index (χ2v) is 6.54. The van der Waals surface area contributed by atoms with Gasteiger partial charge in [-0.1, -0.05) is 18.5 Å². The average Bonchev–Trinajstić information content (AvgIpc) is 2.62. The Morgan fingerprint density at radius 3 is 2.93 bits per heavy atom. The van der Waals surface area contributed by atoms with E-state index in [0.29, 0.717) is 10.8 Å². The molecule has 78 valence electrons. The zero-order valence-electron chi connectivity index (χ0n) is 8.22. The summed E-state index contributed by atoms with van der Waals surface area (Å²) in [5.74, 6) is 0. The van der Waals surface area contributed by atoms with Crippen molar-refractivity contribution >= 4 is 34.5 Å². The van der Waals surface area contributed by atoms with Gasteiger partial charge in [-0.15, -0.1) is 22.9 Å². The van der Waals surface area contributed by atoms with Gasteiger partial charge in [0.25, 0.3) is 0 Å². The van der Waals surface area contributed by atoms with Gasteiger partial charge < -0.3 is 0 Å². The first kappa shape index (κ1) is 10.8. The SMILES string of the molecule is CC1(Cc2sccc2Cl)CCC(Cl)C1. The van der Waals surface area contributed by atoms with Gasteiger partial charge in [-0.25, -0.2) is 0 Å². The van der Waals surface area contributed by atoms with Gasteiger partial charge in [0.15, 0.2) is 0 Å². The molecule has 0 spiro atoms. The molecule has 0 aromatic carbocycles. The monoisotopic (exact) mass is 248 g/mol. The van der Waals surface area contributed by atoms with E-state index in [1.807, 2.05) is 6.07 Å². The van der Waals surface area contributed by atoms with Crippen LogP contribution in [0.5, 0.6) is 0 Å². The Bertz CT molecular complexity index is 321. The van der Waals surface area contributed by atoms with E-state index in [9.17, 15) is 0 Å². The standard InChI is InChI=1S/C11H14Cl2S/c1-11(4-2-8(12)6-11)7-10-9(13)3-5-14-10/h3,5,8H,2,4,6-7H2,1H3. The van der Waals surface area contributed by atoms with Gasteiger partial charge in [-0.2, -0.15) is 0 Å². The fraction of sp³-hybridized carbons (Fsp3) is 0.636. The normalized spacial score (nSPS) is 32.4. The second kappa shape index (κ2) is 4.03. The van der Waals surface area contributed by atoms with Crippen molar-refractivity contribution in [2.75, 3.05) is 0 Å². The van der Waals surface area contributed by atoms with E-state index in [1.54, 1.807) is 11.3 Å². The molecule has 0 amide bonds. The number of hydrogen-bond donors (Lipinski definition) is 0. The van der Waals surface area contributed by atoms with E-state index in [2.05, 4.69) is 12.3 Å². The minimum Gasteiger partial charge on any atom is -0.147 e. The molecule has 2 rings (SSSR count). The molecule has 1 heterocycles. The second-order valence-electron chi connectivity index (χ2n) is 4.52. The minimum atomic E-state index is 0.374. The summed E-state index contributed by atoms with van der Waals surface area (Å²) in [6, 6.07) is 1.98. The van der Waals surface area contributed by atoms with E-state index in [0.717, 1.165) is 24.3 Å². The van der Waals surface area contributed by atoms with Gasteiger partial charge in [-0.3, -0.25) is 0 Å². The van der Waals surface area contributed by atoms with Crippen molar-refractivity contribution in [3.05, 3.63) is 21.3 Å². The fourth-order valence-corrected chi connectivity index (χ4v) is 4.04. The first-order valence-corrected chi connectivity index (χ1v) is 6.64.